The molecule has 0 aliphatic carbocycles. The SMILES string of the molecule is Cc1ccc(SCC2CN(C)CCN2)cc1C. The summed E-state index contributed by atoms with van der Waals surface area (Å²) in [5.41, 5.74) is 2.77. The zero-order valence-corrected chi connectivity index (χ0v) is 11.8. The van der Waals surface area contributed by atoms with Crippen LogP contribution in [0.25, 0.3) is 0 Å². The summed E-state index contributed by atoms with van der Waals surface area (Å²) in [6, 6.07) is 7.38. The highest BCUT2D eigenvalue weighted by atomic mass is 32.2. The molecule has 1 aromatic carbocycles. The van der Waals surface area contributed by atoms with E-state index in [1.807, 2.05) is 11.8 Å². The maximum atomic E-state index is 3.58. The lowest BCUT2D eigenvalue weighted by Crippen LogP contribution is -2.50. The molecule has 1 saturated heterocycles. The Labute approximate surface area is 109 Å². The number of hydrogen-bond acceptors (Lipinski definition) is 3. The van der Waals surface area contributed by atoms with E-state index in [0.29, 0.717) is 6.04 Å². The molecule has 1 atom stereocenters. The van der Waals surface area contributed by atoms with Gasteiger partial charge in [0.05, 0.1) is 0 Å². The quantitative estimate of drug-likeness (QED) is 0.829. The molecule has 0 amide bonds. The first-order valence-electron chi connectivity index (χ1n) is 6.27. The highest BCUT2D eigenvalue weighted by Gasteiger charge is 2.16. The molecule has 17 heavy (non-hydrogen) atoms. The second-order valence-corrected chi connectivity index (χ2v) is 6.06. The average Bonchev–Trinajstić information content (AvgIpc) is 2.31. The molecule has 2 rings (SSSR count). The van der Waals surface area contributed by atoms with Crippen LogP contribution in [0.2, 0.25) is 0 Å². The van der Waals surface area contributed by atoms with E-state index in [1.165, 1.54) is 22.6 Å². The molecule has 2 nitrogen and oxygen atoms in total. The monoisotopic (exact) mass is 250 g/mol. The number of nitrogens with one attached hydrogen (secondary N) is 1. The fourth-order valence-corrected chi connectivity index (χ4v) is 3.15. The molecule has 1 heterocycles. The smallest absolute Gasteiger partial charge is 0.0289 e. The molecule has 3 heteroatoms. The molecule has 0 saturated carbocycles. The van der Waals surface area contributed by atoms with Gasteiger partial charge in [-0.15, -0.1) is 11.8 Å². The zero-order chi connectivity index (χ0) is 12.3. The van der Waals surface area contributed by atoms with Gasteiger partial charge in [0, 0.05) is 36.3 Å². The summed E-state index contributed by atoms with van der Waals surface area (Å²) in [6.45, 7) is 7.81. The molecule has 0 aromatic heterocycles. The molecular weight excluding hydrogens is 228 g/mol. The first-order chi connectivity index (χ1) is 8.15. The fourth-order valence-electron chi connectivity index (χ4n) is 2.10. The first kappa shape index (κ1) is 12.9. The summed E-state index contributed by atoms with van der Waals surface area (Å²) in [5.74, 6) is 1.16. The lowest BCUT2D eigenvalue weighted by atomic mass is 10.1. The summed E-state index contributed by atoms with van der Waals surface area (Å²) in [7, 11) is 2.20. The molecule has 0 radical (unpaired) electrons. The number of benzene rings is 1. The molecule has 1 N–H and O–H groups in total. The summed E-state index contributed by atoms with van der Waals surface area (Å²) in [6.07, 6.45) is 0. The average molecular weight is 250 g/mol. The lowest BCUT2D eigenvalue weighted by molar-refractivity contribution is 0.250. The van der Waals surface area contributed by atoms with Crippen LogP contribution in [0.4, 0.5) is 0 Å². The van der Waals surface area contributed by atoms with Crippen LogP contribution in [0.3, 0.4) is 0 Å². The minimum atomic E-state index is 0.625. The normalized spacial score (nSPS) is 21.7. The Morgan fingerprint density at radius 1 is 1.35 bits per heavy atom. The number of aryl methyl sites for hydroxylation is 2. The van der Waals surface area contributed by atoms with Gasteiger partial charge in [0.25, 0.3) is 0 Å². The number of thioether (sulfide) groups is 1. The summed E-state index contributed by atoms with van der Waals surface area (Å²) in [5, 5.41) is 3.58. The Balaban J connectivity index is 1.86. The van der Waals surface area contributed by atoms with Crippen molar-refractivity contribution >= 4 is 11.8 Å². The minimum Gasteiger partial charge on any atom is -0.311 e. The van der Waals surface area contributed by atoms with Crippen LogP contribution in [-0.4, -0.2) is 43.4 Å². The van der Waals surface area contributed by atoms with Crippen molar-refractivity contribution in [2.24, 2.45) is 0 Å². The fraction of sp³-hybridized carbons (Fsp3) is 0.571. The lowest BCUT2D eigenvalue weighted by Gasteiger charge is -2.30. The summed E-state index contributed by atoms with van der Waals surface area (Å²) < 4.78 is 0. The molecule has 1 aliphatic heterocycles. The summed E-state index contributed by atoms with van der Waals surface area (Å²) >= 11 is 1.96. The predicted molar refractivity (Wildman–Crippen MR) is 75.9 cm³/mol. The van der Waals surface area contributed by atoms with E-state index in [9.17, 15) is 0 Å². The van der Waals surface area contributed by atoms with Gasteiger partial charge in [-0.25, -0.2) is 0 Å². The van der Waals surface area contributed by atoms with E-state index in [0.717, 1.165) is 18.8 Å². The van der Waals surface area contributed by atoms with Crippen LogP contribution in [0.15, 0.2) is 23.1 Å². The second-order valence-electron chi connectivity index (χ2n) is 4.97. The van der Waals surface area contributed by atoms with Crippen molar-refractivity contribution in [1.82, 2.24) is 10.2 Å². The summed E-state index contributed by atoms with van der Waals surface area (Å²) in [4.78, 5) is 3.80. The van der Waals surface area contributed by atoms with Crippen LogP contribution in [0, 0.1) is 13.8 Å². The van der Waals surface area contributed by atoms with Crippen molar-refractivity contribution in [1.29, 1.82) is 0 Å². The Bertz CT molecular complexity index is 378. The van der Waals surface area contributed by atoms with Gasteiger partial charge in [0.1, 0.15) is 0 Å². The number of rotatable bonds is 3. The largest absolute Gasteiger partial charge is 0.311 e. The van der Waals surface area contributed by atoms with E-state index >= 15 is 0 Å². The van der Waals surface area contributed by atoms with E-state index in [1.54, 1.807) is 0 Å². The molecule has 0 bridgehead atoms. The van der Waals surface area contributed by atoms with Crippen LogP contribution >= 0.6 is 11.8 Å². The van der Waals surface area contributed by atoms with Crippen LogP contribution in [0.5, 0.6) is 0 Å². The highest BCUT2D eigenvalue weighted by molar-refractivity contribution is 7.99. The van der Waals surface area contributed by atoms with Crippen molar-refractivity contribution in [3.8, 4) is 0 Å². The number of hydrogen-bond donors (Lipinski definition) is 1. The second kappa shape index (κ2) is 5.89. The van der Waals surface area contributed by atoms with Crippen LogP contribution in [-0.2, 0) is 0 Å². The Hall–Kier alpha value is -0.510. The van der Waals surface area contributed by atoms with Crippen molar-refractivity contribution in [2.45, 2.75) is 24.8 Å². The van der Waals surface area contributed by atoms with E-state index in [2.05, 4.69) is 49.3 Å². The van der Waals surface area contributed by atoms with E-state index < -0.39 is 0 Å². The van der Waals surface area contributed by atoms with Gasteiger partial charge in [-0.1, -0.05) is 6.07 Å². The van der Waals surface area contributed by atoms with Crippen molar-refractivity contribution in [2.75, 3.05) is 32.4 Å². The predicted octanol–water partition coefficient (Wildman–Crippen LogP) is 2.30. The third-order valence-corrected chi connectivity index (χ3v) is 4.54. The van der Waals surface area contributed by atoms with E-state index in [-0.39, 0.29) is 0 Å². The highest BCUT2D eigenvalue weighted by Crippen LogP contribution is 2.22. The van der Waals surface area contributed by atoms with Crippen molar-refractivity contribution in [3.05, 3.63) is 29.3 Å². The van der Waals surface area contributed by atoms with Gasteiger partial charge < -0.3 is 10.2 Å². The van der Waals surface area contributed by atoms with Gasteiger partial charge in [0.2, 0.25) is 0 Å². The van der Waals surface area contributed by atoms with Crippen molar-refractivity contribution in [3.63, 3.8) is 0 Å². The maximum Gasteiger partial charge on any atom is 0.0289 e. The van der Waals surface area contributed by atoms with Gasteiger partial charge >= 0.3 is 0 Å². The molecule has 1 aliphatic rings. The van der Waals surface area contributed by atoms with E-state index in [4.69, 9.17) is 0 Å². The third-order valence-electron chi connectivity index (χ3n) is 3.39. The molecule has 1 unspecified atom stereocenters. The Morgan fingerprint density at radius 2 is 2.18 bits per heavy atom. The standard InChI is InChI=1S/C14H22N2S/c1-11-4-5-14(8-12(11)2)17-10-13-9-16(3)7-6-15-13/h4-5,8,13,15H,6-7,9-10H2,1-3H3. The molecular formula is C14H22N2S. The molecule has 94 valence electrons. The van der Waals surface area contributed by atoms with Crippen molar-refractivity contribution < 1.29 is 0 Å². The number of likely N-dealkylation sites (N-methyl/N-ethyl adjacent to an activating group) is 1. The molecule has 0 spiro atoms. The van der Waals surface area contributed by atoms with Crippen LogP contribution in [0.1, 0.15) is 11.1 Å². The number of piperazine rings is 1. The zero-order valence-electron chi connectivity index (χ0n) is 11.0. The third kappa shape index (κ3) is 3.73. The first-order valence-corrected chi connectivity index (χ1v) is 7.25. The Morgan fingerprint density at radius 3 is 2.88 bits per heavy atom. The maximum absolute atomic E-state index is 3.58. The van der Waals surface area contributed by atoms with Crippen LogP contribution < -0.4 is 5.32 Å². The topological polar surface area (TPSA) is 15.3 Å². The minimum absolute atomic E-state index is 0.625. The van der Waals surface area contributed by atoms with Gasteiger partial charge in [-0.3, -0.25) is 0 Å². The Kier molecular flexibility index (Phi) is 4.48. The van der Waals surface area contributed by atoms with Gasteiger partial charge in [0.15, 0.2) is 0 Å². The van der Waals surface area contributed by atoms with Gasteiger partial charge in [-0.05, 0) is 44.2 Å². The molecule has 1 aromatic rings. The molecule has 1 fully saturated rings. The van der Waals surface area contributed by atoms with Gasteiger partial charge in [-0.2, -0.15) is 0 Å². The number of nitrogens with zero attached hydrogens (tertiary/aromatic N) is 1.